The smallest absolute Gasteiger partial charge is 0.137 e. The normalized spacial score (nSPS) is 11.0. The summed E-state index contributed by atoms with van der Waals surface area (Å²) in [5.41, 5.74) is 10.9. The number of nitrogens with one attached hydrogen (secondary N) is 1. The molecule has 4 rings (SSSR count). The molecule has 0 aliphatic rings. The van der Waals surface area contributed by atoms with Gasteiger partial charge in [0.1, 0.15) is 11.4 Å². The third-order valence-electron chi connectivity index (χ3n) is 4.23. The maximum atomic E-state index is 10.9. The van der Waals surface area contributed by atoms with Crippen molar-refractivity contribution in [3.8, 4) is 28.1 Å². The number of aromatic nitrogens is 2. The van der Waals surface area contributed by atoms with Gasteiger partial charge in [-0.3, -0.25) is 0 Å². The van der Waals surface area contributed by atoms with E-state index < -0.39 is 0 Å². The number of nitrogens with zero attached hydrogens (tertiary/aromatic N) is 1. The van der Waals surface area contributed by atoms with E-state index in [9.17, 15) is 5.11 Å². The molecule has 0 aliphatic heterocycles. The van der Waals surface area contributed by atoms with Gasteiger partial charge in [-0.05, 0) is 29.3 Å². The lowest BCUT2D eigenvalue weighted by Crippen LogP contribution is -2.00. The third kappa shape index (κ3) is 2.33. The number of fused-ring (bicyclic) bond motifs is 1. The number of aromatic amines is 1. The Morgan fingerprint density at radius 1 is 1.00 bits per heavy atom. The molecule has 4 aromatic rings. The molecule has 0 atom stereocenters. The SMILES string of the molecule is NCc1ccc(-c2ccccc2)c(O)c1-c1cc2cccnc2[nH]1. The first-order valence-corrected chi connectivity index (χ1v) is 7.82. The second kappa shape index (κ2) is 5.83. The van der Waals surface area contributed by atoms with Crippen LogP contribution in [0.2, 0.25) is 0 Å². The summed E-state index contributed by atoms with van der Waals surface area (Å²) < 4.78 is 0. The number of benzene rings is 2. The van der Waals surface area contributed by atoms with E-state index in [1.165, 1.54) is 0 Å². The number of aromatic hydroxyl groups is 1. The molecule has 0 radical (unpaired) electrons. The van der Waals surface area contributed by atoms with Crippen LogP contribution in [0.5, 0.6) is 5.75 Å². The van der Waals surface area contributed by atoms with Gasteiger partial charge in [0.05, 0.1) is 5.69 Å². The van der Waals surface area contributed by atoms with Gasteiger partial charge in [-0.25, -0.2) is 4.98 Å². The quantitative estimate of drug-likeness (QED) is 0.533. The van der Waals surface area contributed by atoms with Crippen LogP contribution < -0.4 is 5.73 Å². The Morgan fingerprint density at radius 2 is 1.83 bits per heavy atom. The predicted octanol–water partition coefficient (Wildman–Crippen LogP) is 4.06. The molecule has 24 heavy (non-hydrogen) atoms. The van der Waals surface area contributed by atoms with Gasteiger partial charge in [-0.1, -0.05) is 42.5 Å². The van der Waals surface area contributed by atoms with E-state index in [0.717, 1.165) is 39.0 Å². The number of phenolic OH excluding ortho intramolecular Hbond substituents is 1. The molecule has 4 N–H and O–H groups in total. The van der Waals surface area contributed by atoms with Crippen LogP contribution in [0.15, 0.2) is 66.9 Å². The fourth-order valence-electron chi connectivity index (χ4n) is 3.05. The number of phenols is 1. The molecule has 0 unspecified atom stereocenters. The summed E-state index contributed by atoms with van der Waals surface area (Å²) in [5.74, 6) is 0.232. The molecule has 2 aromatic heterocycles. The summed E-state index contributed by atoms with van der Waals surface area (Å²) in [4.78, 5) is 7.60. The summed E-state index contributed by atoms with van der Waals surface area (Å²) in [7, 11) is 0. The summed E-state index contributed by atoms with van der Waals surface area (Å²) in [5, 5.41) is 11.9. The van der Waals surface area contributed by atoms with Crippen LogP contribution >= 0.6 is 0 Å². The average molecular weight is 315 g/mol. The van der Waals surface area contributed by atoms with Crippen molar-refractivity contribution in [1.82, 2.24) is 9.97 Å². The molecule has 0 amide bonds. The number of H-pyrrole nitrogens is 1. The zero-order valence-electron chi connectivity index (χ0n) is 13.0. The van der Waals surface area contributed by atoms with Crippen molar-refractivity contribution in [1.29, 1.82) is 0 Å². The lowest BCUT2D eigenvalue weighted by atomic mass is 9.95. The minimum Gasteiger partial charge on any atom is -0.507 e. The molecule has 2 heterocycles. The summed E-state index contributed by atoms with van der Waals surface area (Å²) in [6, 6.07) is 19.6. The Bertz CT molecular complexity index is 973. The lowest BCUT2D eigenvalue weighted by Gasteiger charge is -2.13. The van der Waals surface area contributed by atoms with Crippen LogP contribution in [-0.4, -0.2) is 15.1 Å². The highest BCUT2D eigenvalue weighted by atomic mass is 16.3. The molecule has 0 fully saturated rings. The highest BCUT2D eigenvalue weighted by Crippen LogP contribution is 2.40. The van der Waals surface area contributed by atoms with Crippen LogP contribution in [0, 0.1) is 0 Å². The van der Waals surface area contributed by atoms with Crippen molar-refractivity contribution in [2.24, 2.45) is 5.73 Å². The Hall–Kier alpha value is -3.11. The van der Waals surface area contributed by atoms with Crippen LogP contribution in [0.25, 0.3) is 33.4 Å². The van der Waals surface area contributed by atoms with Gasteiger partial charge in [-0.2, -0.15) is 0 Å². The van der Waals surface area contributed by atoms with Crippen LogP contribution in [0.1, 0.15) is 5.56 Å². The van der Waals surface area contributed by atoms with Crippen molar-refractivity contribution < 1.29 is 5.11 Å². The van der Waals surface area contributed by atoms with Gasteiger partial charge in [0.25, 0.3) is 0 Å². The second-order valence-corrected chi connectivity index (χ2v) is 5.69. The fourth-order valence-corrected chi connectivity index (χ4v) is 3.05. The van der Waals surface area contributed by atoms with Gasteiger partial charge >= 0.3 is 0 Å². The van der Waals surface area contributed by atoms with Crippen molar-refractivity contribution in [3.63, 3.8) is 0 Å². The topological polar surface area (TPSA) is 74.9 Å². The molecule has 0 aliphatic carbocycles. The van der Waals surface area contributed by atoms with E-state index >= 15 is 0 Å². The Kier molecular flexibility index (Phi) is 3.52. The summed E-state index contributed by atoms with van der Waals surface area (Å²) in [6.07, 6.45) is 1.74. The number of nitrogens with two attached hydrogens (primary N) is 1. The Balaban J connectivity index is 1.96. The lowest BCUT2D eigenvalue weighted by molar-refractivity contribution is 0.478. The molecule has 4 heteroatoms. The van der Waals surface area contributed by atoms with Crippen molar-refractivity contribution >= 4 is 11.0 Å². The highest BCUT2D eigenvalue weighted by molar-refractivity contribution is 5.89. The van der Waals surface area contributed by atoms with Crippen LogP contribution in [0.3, 0.4) is 0 Å². The van der Waals surface area contributed by atoms with Crippen molar-refractivity contribution in [2.45, 2.75) is 6.54 Å². The van der Waals surface area contributed by atoms with Gasteiger partial charge in [0, 0.05) is 29.3 Å². The summed E-state index contributed by atoms with van der Waals surface area (Å²) >= 11 is 0. The second-order valence-electron chi connectivity index (χ2n) is 5.69. The van der Waals surface area contributed by atoms with E-state index in [0.29, 0.717) is 6.54 Å². The molecule has 0 bridgehead atoms. The maximum Gasteiger partial charge on any atom is 0.137 e. The van der Waals surface area contributed by atoms with Crippen LogP contribution in [-0.2, 0) is 6.54 Å². The molecule has 0 saturated heterocycles. The molecule has 0 saturated carbocycles. The van der Waals surface area contributed by atoms with Gasteiger partial charge in [0.15, 0.2) is 0 Å². The van der Waals surface area contributed by atoms with E-state index in [2.05, 4.69) is 9.97 Å². The fraction of sp³-hybridized carbons (Fsp3) is 0.0500. The zero-order valence-corrected chi connectivity index (χ0v) is 13.0. The number of hydrogen-bond donors (Lipinski definition) is 3. The van der Waals surface area contributed by atoms with Gasteiger partial charge in [0.2, 0.25) is 0 Å². The first-order chi connectivity index (χ1) is 11.8. The zero-order chi connectivity index (χ0) is 16.5. The van der Waals surface area contributed by atoms with E-state index in [1.54, 1.807) is 6.20 Å². The van der Waals surface area contributed by atoms with E-state index in [-0.39, 0.29) is 5.75 Å². The molecule has 0 spiro atoms. The Labute approximate surface area is 139 Å². The number of hydrogen-bond acceptors (Lipinski definition) is 3. The molecular weight excluding hydrogens is 298 g/mol. The standard InChI is InChI=1S/C20H17N3O/c21-12-15-8-9-16(13-5-2-1-3-6-13)19(24)18(15)17-11-14-7-4-10-22-20(14)23-17/h1-11,24H,12,21H2,(H,22,23). The first-order valence-electron chi connectivity index (χ1n) is 7.82. The summed E-state index contributed by atoms with van der Waals surface area (Å²) in [6.45, 7) is 0.348. The predicted molar refractivity (Wildman–Crippen MR) is 96.5 cm³/mol. The molecular formula is C20H17N3O. The molecule has 118 valence electrons. The van der Waals surface area contributed by atoms with Gasteiger partial charge < -0.3 is 15.8 Å². The monoisotopic (exact) mass is 315 g/mol. The molecule has 4 nitrogen and oxygen atoms in total. The number of rotatable bonds is 3. The highest BCUT2D eigenvalue weighted by Gasteiger charge is 2.17. The number of pyridine rings is 1. The maximum absolute atomic E-state index is 10.9. The minimum atomic E-state index is 0.232. The minimum absolute atomic E-state index is 0.232. The largest absolute Gasteiger partial charge is 0.507 e. The van der Waals surface area contributed by atoms with Crippen LogP contribution in [0.4, 0.5) is 0 Å². The van der Waals surface area contributed by atoms with E-state index in [4.69, 9.17) is 5.73 Å². The third-order valence-corrected chi connectivity index (χ3v) is 4.23. The van der Waals surface area contributed by atoms with Gasteiger partial charge in [-0.15, -0.1) is 0 Å². The Morgan fingerprint density at radius 3 is 2.58 bits per heavy atom. The van der Waals surface area contributed by atoms with Crippen molar-refractivity contribution in [3.05, 3.63) is 72.4 Å². The molecule has 2 aromatic carbocycles. The van der Waals surface area contributed by atoms with Crippen molar-refractivity contribution in [2.75, 3.05) is 0 Å². The first kappa shape index (κ1) is 14.5. The van der Waals surface area contributed by atoms with E-state index in [1.807, 2.05) is 60.7 Å². The average Bonchev–Trinajstić information content (AvgIpc) is 3.05.